The fourth-order valence-corrected chi connectivity index (χ4v) is 5.22. The molecule has 1 aliphatic heterocycles. The number of rotatable bonds is 4. The molecule has 1 N–H and O–H groups in total. The van der Waals surface area contributed by atoms with Crippen molar-refractivity contribution in [1.82, 2.24) is 5.32 Å². The predicted octanol–water partition coefficient (Wildman–Crippen LogP) is 5.76. The first-order chi connectivity index (χ1) is 13.6. The molecule has 28 heavy (non-hydrogen) atoms. The average molecular weight is 415 g/mol. The minimum Gasteiger partial charge on any atom is -0.365 e. The van der Waals surface area contributed by atoms with Gasteiger partial charge in [0.1, 0.15) is 0 Å². The maximum absolute atomic E-state index is 12.8. The van der Waals surface area contributed by atoms with E-state index in [1.807, 2.05) is 30.0 Å². The van der Waals surface area contributed by atoms with E-state index >= 15 is 0 Å². The molecule has 1 saturated carbocycles. The molecule has 5 heteroatoms. The molecule has 4 rings (SSSR count). The molecule has 0 saturated heterocycles. The minimum absolute atomic E-state index is 0.0596. The number of nitrogens with zero attached hydrogens (tertiary/aromatic N) is 1. The molecule has 1 fully saturated rings. The van der Waals surface area contributed by atoms with Crippen molar-refractivity contribution in [3.8, 4) is 0 Å². The summed E-state index contributed by atoms with van der Waals surface area (Å²) in [6.07, 6.45) is 4.61. The summed E-state index contributed by atoms with van der Waals surface area (Å²) in [6.45, 7) is 4.11. The highest BCUT2D eigenvalue weighted by atomic mass is 35.5. The van der Waals surface area contributed by atoms with Gasteiger partial charge in [-0.1, -0.05) is 30.7 Å². The molecule has 1 amide bonds. The second-order valence-electron chi connectivity index (χ2n) is 8.01. The lowest BCUT2D eigenvalue weighted by Gasteiger charge is -2.31. The van der Waals surface area contributed by atoms with Crippen LogP contribution in [-0.2, 0) is 6.54 Å². The number of carbonyl (C=O) groups is 1. The van der Waals surface area contributed by atoms with Crippen molar-refractivity contribution in [2.24, 2.45) is 5.92 Å². The molecular formula is C23H27ClN2OS. The zero-order chi connectivity index (χ0) is 19.5. The molecule has 148 valence electrons. The van der Waals surface area contributed by atoms with Crippen molar-refractivity contribution in [3.63, 3.8) is 0 Å². The lowest BCUT2D eigenvalue weighted by atomic mass is 9.87. The molecule has 0 bridgehead atoms. The van der Waals surface area contributed by atoms with Crippen molar-refractivity contribution in [3.05, 3.63) is 58.6 Å². The third kappa shape index (κ3) is 4.66. The van der Waals surface area contributed by atoms with Crippen molar-refractivity contribution >= 4 is 35.0 Å². The Kier molecular flexibility index (Phi) is 6.17. The van der Waals surface area contributed by atoms with E-state index in [4.69, 9.17) is 11.6 Å². The number of hydrogen-bond donors (Lipinski definition) is 1. The number of amides is 1. The van der Waals surface area contributed by atoms with Gasteiger partial charge in [-0.05, 0) is 67.5 Å². The summed E-state index contributed by atoms with van der Waals surface area (Å²) in [5, 5.41) is 4.01. The first kappa shape index (κ1) is 19.7. The SMILES string of the molecule is CC1CCC(NC(=O)c2ccc3c(c2)N(Cc2ccc(Cl)cc2)CCS3)CC1. The summed E-state index contributed by atoms with van der Waals surface area (Å²) < 4.78 is 0. The Hall–Kier alpha value is -1.65. The molecule has 0 atom stereocenters. The van der Waals surface area contributed by atoms with Crippen LogP contribution in [0.15, 0.2) is 47.4 Å². The van der Waals surface area contributed by atoms with E-state index < -0.39 is 0 Å². The standard InChI is InChI=1S/C23H27ClN2OS/c1-16-2-9-20(10-3-16)25-23(27)18-6-11-22-21(14-18)26(12-13-28-22)15-17-4-7-19(24)8-5-17/h4-8,11,14,16,20H,2-3,9-10,12-13,15H2,1H3,(H,25,27). The van der Waals surface area contributed by atoms with Crippen molar-refractivity contribution in [1.29, 1.82) is 0 Å². The first-order valence-electron chi connectivity index (χ1n) is 10.2. The third-order valence-electron chi connectivity index (χ3n) is 5.82. The Bertz CT molecular complexity index is 831. The van der Waals surface area contributed by atoms with Crippen molar-refractivity contribution in [2.75, 3.05) is 17.2 Å². The van der Waals surface area contributed by atoms with Crippen LogP contribution in [0.1, 0.15) is 48.5 Å². The maximum atomic E-state index is 12.8. The van der Waals surface area contributed by atoms with E-state index in [1.165, 1.54) is 23.3 Å². The van der Waals surface area contributed by atoms with Crippen LogP contribution in [0.3, 0.4) is 0 Å². The van der Waals surface area contributed by atoms with Gasteiger partial charge >= 0.3 is 0 Å². The molecule has 2 aromatic rings. The molecule has 0 radical (unpaired) electrons. The Morgan fingerprint density at radius 1 is 1.14 bits per heavy atom. The summed E-state index contributed by atoms with van der Waals surface area (Å²) in [5.41, 5.74) is 3.16. The molecule has 0 unspecified atom stereocenters. The highest BCUT2D eigenvalue weighted by Crippen LogP contribution is 2.36. The van der Waals surface area contributed by atoms with E-state index in [-0.39, 0.29) is 5.91 Å². The Morgan fingerprint density at radius 2 is 1.89 bits per heavy atom. The topological polar surface area (TPSA) is 32.3 Å². The van der Waals surface area contributed by atoms with Gasteiger partial charge in [-0.2, -0.15) is 0 Å². The number of anilines is 1. The highest BCUT2D eigenvalue weighted by Gasteiger charge is 2.23. The molecule has 2 aliphatic rings. The molecule has 1 heterocycles. The highest BCUT2D eigenvalue weighted by molar-refractivity contribution is 7.99. The Labute approximate surface area is 176 Å². The number of benzene rings is 2. The van der Waals surface area contributed by atoms with E-state index in [2.05, 4.69) is 41.4 Å². The maximum Gasteiger partial charge on any atom is 0.251 e. The van der Waals surface area contributed by atoms with Crippen LogP contribution in [0.4, 0.5) is 5.69 Å². The Balaban J connectivity index is 1.49. The van der Waals surface area contributed by atoms with Crippen LogP contribution >= 0.6 is 23.4 Å². The summed E-state index contributed by atoms with van der Waals surface area (Å²) in [4.78, 5) is 16.5. The number of nitrogens with one attached hydrogen (secondary N) is 1. The Morgan fingerprint density at radius 3 is 2.64 bits per heavy atom. The number of hydrogen-bond acceptors (Lipinski definition) is 3. The van der Waals surface area contributed by atoms with Gasteiger partial charge in [0.15, 0.2) is 0 Å². The summed E-state index contributed by atoms with van der Waals surface area (Å²) in [6, 6.07) is 14.5. The second kappa shape index (κ2) is 8.79. The lowest BCUT2D eigenvalue weighted by molar-refractivity contribution is 0.0923. The predicted molar refractivity (Wildman–Crippen MR) is 119 cm³/mol. The van der Waals surface area contributed by atoms with E-state index in [0.717, 1.165) is 53.9 Å². The molecule has 1 aliphatic carbocycles. The zero-order valence-corrected chi connectivity index (χ0v) is 17.9. The van der Waals surface area contributed by atoms with Crippen LogP contribution < -0.4 is 10.2 Å². The third-order valence-corrected chi connectivity index (χ3v) is 7.11. The fraction of sp³-hybridized carbons (Fsp3) is 0.435. The molecule has 0 spiro atoms. The molecule has 2 aromatic carbocycles. The van der Waals surface area contributed by atoms with Gasteiger partial charge in [0.05, 0.1) is 5.69 Å². The van der Waals surface area contributed by atoms with Crippen LogP contribution in [0.25, 0.3) is 0 Å². The largest absolute Gasteiger partial charge is 0.365 e. The minimum atomic E-state index is 0.0596. The van der Waals surface area contributed by atoms with Crippen molar-refractivity contribution in [2.45, 2.75) is 50.1 Å². The molecular weight excluding hydrogens is 388 g/mol. The monoisotopic (exact) mass is 414 g/mol. The van der Waals surface area contributed by atoms with Crippen LogP contribution in [0.5, 0.6) is 0 Å². The first-order valence-corrected chi connectivity index (χ1v) is 11.5. The van der Waals surface area contributed by atoms with E-state index in [9.17, 15) is 4.79 Å². The summed E-state index contributed by atoms with van der Waals surface area (Å²) in [7, 11) is 0. The van der Waals surface area contributed by atoms with Gasteiger partial charge in [0.2, 0.25) is 0 Å². The van der Waals surface area contributed by atoms with Crippen LogP contribution in [-0.4, -0.2) is 24.2 Å². The van der Waals surface area contributed by atoms with Gasteiger partial charge in [-0.3, -0.25) is 4.79 Å². The van der Waals surface area contributed by atoms with Gasteiger partial charge in [0, 0.05) is 40.4 Å². The lowest BCUT2D eigenvalue weighted by Crippen LogP contribution is -2.37. The number of carbonyl (C=O) groups excluding carboxylic acids is 1. The molecule has 0 aromatic heterocycles. The van der Waals surface area contributed by atoms with Gasteiger partial charge in [-0.25, -0.2) is 0 Å². The smallest absolute Gasteiger partial charge is 0.251 e. The summed E-state index contributed by atoms with van der Waals surface area (Å²) in [5.74, 6) is 1.91. The molecule has 3 nitrogen and oxygen atoms in total. The second-order valence-corrected chi connectivity index (χ2v) is 9.58. The van der Waals surface area contributed by atoms with E-state index in [1.54, 1.807) is 0 Å². The fourth-order valence-electron chi connectivity index (χ4n) is 4.06. The van der Waals surface area contributed by atoms with Crippen LogP contribution in [0, 0.1) is 5.92 Å². The summed E-state index contributed by atoms with van der Waals surface area (Å²) >= 11 is 7.88. The van der Waals surface area contributed by atoms with Crippen LogP contribution in [0.2, 0.25) is 5.02 Å². The van der Waals surface area contributed by atoms with Gasteiger partial charge in [-0.15, -0.1) is 11.8 Å². The normalized spacial score (nSPS) is 21.9. The zero-order valence-electron chi connectivity index (χ0n) is 16.3. The number of thioether (sulfide) groups is 1. The van der Waals surface area contributed by atoms with Gasteiger partial charge < -0.3 is 10.2 Å². The van der Waals surface area contributed by atoms with Gasteiger partial charge in [0.25, 0.3) is 5.91 Å². The average Bonchev–Trinajstić information content (AvgIpc) is 2.71. The number of fused-ring (bicyclic) bond motifs is 1. The quantitative estimate of drug-likeness (QED) is 0.690. The number of halogens is 1. The van der Waals surface area contributed by atoms with Crippen molar-refractivity contribution < 1.29 is 4.79 Å². The van der Waals surface area contributed by atoms with E-state index in [0.29, 0.717) is 6.04 Å².